The number of aryl methyl sites for hydroxylation is 1. The summed E-state index contributed by atoms with van der Waals surface area (Å²) < 4.78 is 0. The van der Waals surface area contributed by atoms with Crippen LogP contribution < -0.4 is 5.32 Å². The number of nitrogens with zero attached hydrogens (tertiary/aromatic N) is 2. The quantitative estimate of drug-likeness (QED) is 0.716. The Balaban J connectivity index is 2.68. The van der Waals surface area contributed by atoms with Crippen LogP contribution in [0.4, 0.5) is 5.82 Å². The van der Waals surface area contributed by atoms with Gasteiger partial charge < -0.3 is 5.32 Å². The van der Waals surface area contributed by atoms with Gasteiger partial charge in [-0.1, -0.05) is 0 Å². The largest absolute Gasteiger partial charge is 0.373 e. The van der Waals surface area contributed by atoms with E-state index in [1.165, 1.54) is 0 Å². The van der Waals surface area contributed by atoms with Gasteiger partial charge in [0.05, 0.1) is 5.52 Å². The number of anilines is 1. The molecule has 66 valence electrons. The highest BCUT2D eigenvalue weighted by Crippen LogP contribution is 2.14. The van der Waals surface area contributed by atoms with Gasteiger partial charge in [0.15, 0.2) is 0 Å². The molecule has 0 unspecified atom stereocenters. The van der Waals surface area contributed by atoms with Crippen LogP contribution in [-0.2, 0) is 0 Å². The Bertz CT molecular complexity index is 437. The molecule has 0 aliphatic rings. The van der Waals surface area contributed by atoms with Crippen LogP contribution in [0.3, 0.4) is 0 Å². The molecule has 3 nitrogen and oxygen atoms in total. The zero-order valence-corrected chi connectivity index (χ0v) is 7.70. The topological polar surface area (TPSA) is 37.8 Å². The van der Waals surface area contributed by atoms with E-state index in [0.717, 1.165) is 22.4 Å². The zero-order chi connectivity index (χ0) is 9.26. The summed E-state index contributed by atoms with van der Waals surface area (Å²) in [4.78, 5) is 8.61. The van der Waals surface area contributed by atoms with E-state index in [4.69, 9.17) is 0 Å². The minimum Gasteiger partial charge on any atom is -0.373 e. The molecule has 2 aromatic rings. The second kappa shape index (κ2) is 3.01. The Morgan fingerprint density at radius 2 is 2.15 bits per heavy atom. The second-order valence-corrected chi connectivity index (χ2v) is 2.96. The second-order valence-electron chi connectivity index (χ2n) is 2.96. The van der Waals surface area contributed by atoms with Crippen molar-refractivity contribution in [3.8, 4) is 0 Å². The summed E-state index contributed by atoms with van der Waals surface area (Å²) in [5, 5.41) is 4.08. The molecule has 0 saturated heterocycles. The molecule has 0 fully saturated rings. The summed E-state index contributed by atoms with van der Waals surface area (Å²) in [5.74, 6) is 0.887. The van der Waals surface area contributed by atoms with Crippen molar-refractivity contribution in [1.29, 1.82) is 0 Å². The highest BCUT2D eigenvalue weighted by molar-refractivity contribution is 5.79. The van der Waals surface area contributed by atoms with Gasteiger partial charge in [0.1, 0.15) is 5.82 Å². The molecule has 0 aromatic carbocycles. The van der Waals surface area contributed by atoms with E-state index in [2.05, 4.69) is 15.3 Å². The fraction of sp³-hybridized carbons (Fsp3) is 0.200. The Morgan fingerprint density at radius 3 is 2.92 bits per heavy atom. The number of pyridine rings is 2. The maximum Gasteiger partial charge on any atom is 0.126 e. The average molecular weight is 173 g/mol. The van der Waals surface area contributed by atoms with Crippen LogP contribution in [0.15, 0.2) is 24.4 Å². The minimum absolute atomic E-state index is 0.887. The van der Waals surface area contributed by atoms with Crippen molar-refractivity contribution in [1.82, 2.24) is 9.97 Å². The SMILES string of the molecule is CNc1ccc2cnc(C)cc2n1. The molecule has 0 aliphatic heterocycles. The molecule has 0 atom stereocenters. The van der Waals surface area contributed by atoms with Gasteiger partial charge in [-0.3, -0.25) is 4.98 Å². The Hall–Kier alpha value is -1.64. The number of nitrogens with one attached hydrogen (secondary N) is 1. The Labute approximate surface area is 76.8 Å². The summed E-state index contributed by atoms with van der Waals surface area (Å²) in [6, 6.07) is 5.94. The van der Waals surface area contributed by atoms with E-state index in [0.29, 0.717) is 0 Å². The molecule has 0 bridgehead atoms. The summed E-state index contributed by atoms with van der Waals surface area (Å²) in [6.07, 6.45) is 1.84. The van der Waals surface area contributed by atoms with Gasteiger partial charge in [0.25, 0.3) is 0 Å². The van der Waals surface area contributed by atoms with Crippen molar-refractivity contribution < 1.29 is 0 Å². The van der Waals surface area contributed by atoms with Gasteiger partial charge in [-0.25, -0.2) is 4.98 Å². The molecule has 2 aromatic heterocycles. The van der Waals surface area contributed by atoms with Gasteiger partial charge >= 0.3 is 0 Å². The maximum absolute atomic E-state index is 4.40. The Morgan fingerprint density at radius 1 is 1.31 bits per heavy atom. The van der Waals surface area contributed by atoms with E-state index >= 15 is 0 Å². The van der Waals surface area contributed by atoms with Crippen molar-refractivity contribution in [2.45, 2.75) is 6.92 Å². The van der Waals surface area contributed by atoms with Crippen LogP contribution in [0.1, 0.15) is 5.69 Å². The van der Waals surface area contributed by atoms with Gasteiger partial charge in [-0.15, -0.1) is 0 Å². The predicted molar refractivity (Wildman–Crippen MR) is 53.8 cm³/mol. The summed E-state index contributed by atoms with van der Waals surface area (Å²) >= 11 is 0. The van der Waals surface area contributed by atoms with Crippen LogP contribution in [-0.4, -0.2) is 17.0 Å². The molecule has 0 radical (unpaired) electrons. The van der Waals surface area contributed by atoms with Gasteiger partial charge in [-0.2, -0.15) is 0 Å². The van der Waals surface area contributed by atoms with Crippen LogP contribution in [0.25, 0.3) is 10.9 Å². The number of hydrogen-bond acceptors (Lipinski definition) is 3. The first-order valence-electron chi connectivity index (χ1n) is 4.21. The molecular weight excluding hydrogens is 162 g/mol. The molecular formula is C10H11N3. The number of fused-ring (bicyclic) bond motifs is 1. The highest BCUT2D eigenvalue weighted by Gasteiger charge is 1.96. The molecule has 1 N–H and O–H groups in total. The van der Waals surface area contributed by atoms with Gasteiger partial charge in [-0.05, 0) is 25.1 Å². The minimum atomic E-state index is 0.887. The van der Waals surface area contributed by atoms with Gasteiger partial charge in [0.2, 0.25) is 0 Å². The first-order chi connectivity index (χ1) is 6.29. The van der Waals surface area contributed by atoms with E-state index in [1.54, 1.807) is 0 Å². The van der Waals surface area contributed by atoms with Crippen molar-refractivity contribution in [3.63, 3.8) is 0 Å². The lowest BCUT2D eigenvalue weighted by Gasteiger charge is -2.01. The van der Waals surface area contributed by atoms with Crippen molar-refractivity contribution >= 4 is 16.7 Å². The monoisotopic (exact) mass is 173 g/mol. The van der Waals surface area contributed by atoms with Crippen molar-refractivity contribution in [3.05, 3.63) is 30.1 Å². The summed E-state index contributed by atoms with van der Waals surface area (Å²) in [5.41, 5.74) is 1.98. The number of rotatable bonds is 1. The van der Waals surface area contributed by atoms with E-state index in [9.17, 15) is 0 Å². The summed E-state index contributed by atoms with van der Waals surface area (Å²) in [7, 11) is 1.86. The number of hydrogen-bond donors (Lipinski definition) is 1. The van der Waals surface area contributed by atoms with E-state index < -0.39 is 0 Å². The third-order valence-corrected chi connectivity index (χ3v) is 1.97. The third-order valence-electron chi connectivity index (χ3n) is 1.97. The molecule has 0 amide bonds. The van der Waals surface area contributed by atoms with Crippen LogP contribution in [0, 0.1) is 6.92 Å². The van der Waals surface area contributed by atoms with Crippen LogP contribution >= 0.6 is 0 Å². The molecule has 13 heavy (non-hydrogen) atoms. The smallest absolute Gasteiger partial charge is 0.126 e. The van der Waals surface area contributed by atoms with Crippen LogP contribution in [0.2, 0.25) is 0 Å². The molecule has 2 heterocycles. The van der Waals surface area contributed by atoms with Crippen molar-refractivity contribution in [2.75, 3.05) is 12.4 Å². The highest BCUT2D eigenvalue weighted by atomic mass is 15.0. The lowest BCUT2D eigenvalue weighted by molar-refractivity contribution is 1.21. The zero-order valence-electron chi connectivity index (χ0n) is 7.70. The third kappa shape index (κ3) is 1.45. The molecule has 0 aliphatic carbocycles. The average Bonchev–Trinajstić information content (AvgIpc) is 2.16. The normalized spacial score (nSPS) is 10.3. The number of aromatic nitrogens is 2. The van der Waals surface area contributed by atoms with Crippen molar-refractivity contribution in [2.24, 2.45) is 0 Å². The predicted octanol–water partition coefficient (Wildman–Crippen LogP) is 1.98. The standard InChI is InChI=1S/C10H11N3/c1-7-5-9-8(6-12-7)3-4-10(11-2)13-9/h3-6H,1-2H3,(H,11,13). The van der Waals surface area contributed by atoms with E-state index in [-0.39, 0.29) is 0 Å². The first kappa shape index (κ1) is 7.98. The lowest BCUT2D eigenvalue weighted by atomic mass is 10.2. The fourth-order valence-corrected chi connectivity index (χ4v) is 1.26. The maximum atomic E-state index is 4.40. The molecule has 3 heteroatoms. The molecule has 0 spiro atoms. The fourth-order valence-electron chi connectivity index (χ4n) is 1.26. The summed E-state index contributed by atoms with van der Waals surface area (Å²) in [6.45, 7) is 1.97. The van der Waals surface area contributed by atoms with E-state index in [1.807, 2.05) is 38.4 Å². The first-order valence-corrected chi connectivity index (χ1v) is 4.21. The Kier molecular flexibility index (Phi) is 1.85. The molecule has 0 saturated carbocycles. The van der Waals surface area contributed by atoms with Crippen LogP contribution in [0.5, 0.6) is 0 Å². The molecule has 2 rings (SSSR count). The van der Waals surface area contributed by atoms with Gasteiger partial charge in [0, 0.05) is 24.3 Å². The lowest BCUT2D eigenvalue weighted by Crippen LogP contribution is -1.92.